The number of nitrogens with zero attached hydrogens (tertiary/aromatic N) is 1. The third-order valence-electron chi connectivity index (χ3n) is 3.05. The van der Waals surface area contributed by atoms with Gasteiger partial charge >= 0.3 is 0 Å². The first kappa shape index (κ1) is 17.2. The van der Waals surface area contributed by atoms with Crippen molar-refractivity contribution in [1.29, 1.82) is 0 Å². The molecular formula is C16H16ClN3O2S. The number of carbonyl (C=O) groups excluding carboxylic acids is 2. The van der Waals surface area contributed by atoms with Gasteiger partial charge in [-0.15, -0.1) is 11.3 Å². The van der Waals surface area contributed by atoms with Crippen LogP contribution in [0.5, 0.6) is 0 Å². The van der Waals surface area contributed by atoms with E-state index in [2.05, 4.69) is 15.8 Å². The molecule has 2 aromatic rings. The Kier molecular flexibility index (Phi) is 5.90. The molecule has 120 valence electrons. The van der Waals surface area contributed by atoms with Crippen LogP contribution in [0.1, 0.15) is 28.6 Å². The van der Waals surface area contributed by atoms with Gasteiger partial charge in [-0.3, -0.25) is 9.59 Å². The minimum absolute atomic E-state index is 0.0800. The van der Waals surface area contributed by atoms with Crippen LogP contribution in [0, 0.1) is 6.92 Å². The summed E-state index contributed by atoms with van der Waals surface area (Å²) in [5.74, 6) is -0.507. The Balaban J connectivity index is 1.90. The highest BCUT2D eigenvalue weighted by Gasteiger charge is 2.09. The van der Waals surface area contributed by atoms with Crippen molar-refractivity contribution in [1.82, 2.24) is 5.43 Å². The Morgan fingerprint density at radius 2 is 2.04 bits per heavy atom. The van der Waals surface area contributed by atoms with Crippen molar-refractivity contribution in [3.8, 4) is 0 Å². The van der Waals surface area contributed by atoms with E-state index in [-0.39, 0.29) is 18.2 Å². The van der Waals surface area contributed by atoms with Crippen molar-refractivity contribution in [3.05, 3.63) is 51.2 Å². The summed E-state index contributed by atoms with van der Waals surface area (Å²) in [5, 5.41) is 9.13. The third kappa shape index (κ3) is 4.91. The van der Waals surface area contributed by atoms with Gasteiger partial charge in [0.25, 0.3) is 5.91 Å². The van der Waals surface area contributed by atoms with E-state index in [1.807, 2.05) is 12.3 Å². The molecule has 0 fully saturated rings. The molecule has 0 bridgehead atoms. The first-order chi connectivity index (χ1) is 11.0. The number of carbonyl (C=O) groups is 2. The number of amides is 2. The van der Waals surface area contributed by atoms with Gasteiger partial charge in [0.2, 0.25) is 5.91 Å². The van der Waals surface area contributed by atoms with Gasteiger partial charge in [0, 0.05) is 16.4 Å². The van der Waals surface area contributed by atoms with Gasteiger partial charge in [-0.2, -0.15) is 5.10 Å². The molecule has 23 heavy (non-hydrogen) atoms. The molecule has 0 spiro atoms. The summed E-state index contributed by atoms with van der Waals surface area (Å²) in [7, 11) is 0. The molecule has 1 heterocycles. The number of halogens is 1. The summed E-state index contributed by atoms with van der Waals surface area (Å²) in [6.07, 6.45) is 0.0800. The van der Waals surface area contributed by atoms with Crippen LogP contribution in [-0.4, -0.2) is 17.5 Å². The molecule has 2 N–H and O–H groups in total. The van der Waals surface area contributed by atoms with Crippen LogP contribution < -0.4 is 10.7 Å². The van der Waals surface area contributed by atoms with Crippen molar-refractivity contribution < 1.29 is 9.59 Å². The van der Waals surface area contributed by atoms with Crippen LogP contribution in [0.25, 0.3) is 0 Å². The van der Waals surface area contributed by atoms with E-state index >= 15 is 0 Å². The lowest BCUT2D eigenvalue weighted by Crippen LogP contribution is -2.21. The maximum absolute atomic E-state index is 12.0. The summed E-state index contributed by atoms with van der Waals surface area (Å²) >= 11 is 7.34. The topological polar surface area (TPSA) is 70.6 Å². The smallest absolute Gasteiger partial charge is 0.281 e. The molecule has 1 aromatic heterocycles. The van der Waals surface area contributed by atoms with Gasteiger partial charge < -0.3 is 5.32 Å². The average Bonchev–Trinajstić information content (AvgIpc) is 3.04. The van der Waals surface area contributed by atoms with Crippen LogP contribution in [-0.2, 0) is 4.79 Å². The Bertz CT molecular complexity index is 742. The molecule has 0 aliphatic heterocycles. The number of thiophene rings is 1. The molecule has 0 aliphatic carbocycles. The molecule has 0 unspecified atom stereocenters. The Labute approximate surface area is 143 Å². The first-order valence-electron chi connectivity index (χ1n) is 6.89. The molecule has 0 saturated heterocycles. The van der Waals surface area contributed by atoms with Gasteiger partial charge in [0.05, 0.1) is 11.3 Å². The van der Waals surface area contributed by atoms with E-state index in [0.29, 0.717) is 21.3 Å². The molecule has 0 atom stereocenters. The second kappa shape index (κ2) is 7.89. The number of hydrogen-bond donors (Lipinski definition) is 2. The van der Waals surface area contributed by atoms with Crippen molar-refractivity contribution >= 4 is 46.2 Å². The molecule has 2 rings (SSSR count). The van der Waals surface area contributed by atoms with E-state index in [9.17, 15) is 9.59 Å². The summed E-state index contributed by atoms with van der Waals surface area (Å²) in [6.45, 7) is 3.51. The second-order valence-corrected chi connectivity index (χ2v) is 6.26. The van der Waals surface area contributed by atoms with E-state index < -0.39 is 0 Å². The van der Waals surface area contributed by atoms with E-state index in [4.69, 9.17) is 11.6 Å². The first-order valence-corrected chi connectivity index (χ1v) is 8.15. The molecule has 5 nitrogen and oxygen atoms in total. The number of hydrazone groups is 1. The number of nitrogens with one attached hydrogen (secondary N) is 2. The Morgan fingerprint density at radius 3 is 2.74 bits per heavy atom. The average molecular weight is 350 g/mol. The Morgan fingerprint density at radius 1 is 1.26 bits per heavy atom. The van der Waals surface area contributed by atoms with Crippen molar-refractivity contribution in [2.75, 3.05) is 5.32 Å². The fraction of sp³-hybridized carbons (Fsp3) is 0.188. The standard InChI is InChI=1S/C16H16ClN3O2S/c1-10(19-20-16(22)14-7-4-8-23-14)9-15(21)18-13-6-3-5-12(17)11(13)2/h3-8H,9H2,1-2H3,(H,18,21)(H,20,22)/b19-10+. The van der Waals surface area contributed by atoms with Gasteiger partial charge in [-0.25, -0.2) is 5.43 Å². The molecule has 0 aliphatic rings. The maximum atomic E-state index is 12.0. The molecular weight excluding hydrogens is 334 g/mol. The van der Waals surface area contributed by atoms with E-state index in [1.54, 1.807) is 37.3 Å². The number of hydrogen-bond acceptors (Lipinski definition) is 4. The quantitative estimate of drug-likeness (QED) is 0.636. The highest BCUT2D eigenvalue weighted by atomic mass is 35.5. The lowest BCUT2D eigenvalue weighted by atomic mass is 10.2. The van der Waals surface area contributed by atoms with Crippen LogP contribution in [0.4, 0.5) is 5.69 Å². The van der Waals surface area contributed by atoms with Crippen molar-refractivity contribution in [2.24, 2.45) is 5.10 Å². The monoisotopic (exact) mass is 349 g/mol. The van der Waals surface area contributed by atoms with Gasteiger partial charge in [-0.05, 0) is 43.0 Å². The highest BCUT2D eigenvalue weighted by molar-refractivity contribution is 7.12. The highest BCUT2D eigenvalue weighted by Crippen LogP contribution is 2.22. The second-order valence-electron chi connectivity index (χ2n) is 4.90. The number of benzene rings is 1. The molecule has 0 saturated carbocycles. The number of anilines is 1. The lowest BCUT2D eigenvalue weighted by molar-refractivity contribution is -0.115. The molecule has 0 radical (unpaired) electrons. The third-order valence-corrected chi connectivity index (χ3v) is 4.33. The zero-order chi connectivity index (χ0) is 16.8. The molecule has 1 aromatic carbocycles. The molecule has 2 amide bonds. The lowest BCUT2D eigenvalue weighted by Gasteiger charge is -2.09. The predicted octanol–water partition coefficient (Wildman–Crippen LogP) is 3.84. The summed E-state index contributed by atoms with van der Waals surface area (Å²) in [5.41, 5.74) is 4.41. The fourth-order valence-electron chi connectivity index (χ4n) is 1.82. The predicted molar refractivity (Wildman–Crippen MR) is 94.3 cm³/mol. The Hall–Kier alpha value is -2.18. The zero-order valence-corrected chi connectivity index (χ0v) is 14.3. The summed E-state index contributed by atoms with van der Waals surface area (Å²) in [4.78, 5) is 24.3. The minimum Gasteiger partial charge on any atom is -0.325 e. The van der Waals surface area contributed by atoms with Crippen LogP contribution in [0.3, 0.4) is 0 Å². The normalized spacial score (nSPS) is 11.2. The molecule has 7 heteroatoms. The van der Waals surface area contributed by atoms with Crippen LogP contribution in [0.15, 0.2) is 40.8 Å². The number of rotatable bonds is 5. The van der Waals surface area contributed by atoms with Crippen LogP contribution >= 0.6 is 22.9 Å². The van der Waals surface area contributed by atoms with Crippen LogP contribution in [0.2, 0.25) is 5.02 Å². The summed E-state index contributed by atoms with van der Waals surface area (Å²) < 4.78 is 0. The fourth-order valence-corrected chi connectivity index (χ4v) is 2.61. The van der Waals surface area contributed by atoms with E-state index in [0.717, 1.165) is 5.56 Å². The van der Waals surface area contributed by atoms with Gasteiger partial charge in [0.1, 0.15) is 0 Å². The SMILES string of the molecule is C/C(CC(=O)Nc1cccc(Cl)c1C)=N\NC(=O)c1cccs1. The van der Waals surface area contributed by atoms with Gasteiger partial charge in [0.15, 0.2) is 0 Å². The van der Waals surface area contributed by atoms with Gasteiger partial charge in [-0.1, -0.05) is 23.7 Å². The largest absolute Gasteiger partial charge is 0.325 e. The van der Waals surface area contributed by atoms with Crippen molar-refractivity contribution in [3.63, 3.8) is 0 Å². The zero-order valence-electron chi connectivity index (χ0n) is 12.7. The van der Waals surface area contributed by atoms with Crippen molar-refractivity contribution in [2.45, 2.75) is 20.3 Å². The maximum Gasteiger partial charge on any atom is 0.281 e. The minimum atomic E-state index is -0.287. The van der Waals surface area contributed by atoms with E-state index in [1.165, 1.54) is 11.3 Å². The summed E-state index contributed by atoms with van der Waals surface area (Å²) in [6, 6.07) is 8.81.